The van der Waals surface area contributed by atoms with Crippen LogP contribution in [-0.2, 0) is 14.3 Å². The Morgan fingerprint density at radius 2 is 1.77 bits per heavy atom. The van der Waals surface area contributed by atoms with Crippen molar-refractivity contribution in [3.8, 4) is 0 Å². The summed E-state index contributed by atoms with van der Waals surface area (Å²) in [4.78, 5) is 30.6. The Balaban J connectivity index is 0.000000745. The Hall–Kier alpha value is -1.97. The zero-order valence-corrected chi connectivity index (χ0v) is 13.2. The van der Waals surface area contributed by atoms with Gasteiger partial charge in [0.05, 0.1) is 6.61 Å². The summed E-state index contributed by atoms with van der Waals surface area (Å²) in [5.74, 6) is 0.155. The van der Waals surface area contributed by atoms with E-state index in [-0.39, 0.29) is 17.5 Å². The quantitative estimate of drug-likeness (QED) is 0.857. The number of nitrogens with zero attached hydrogens (tertiary/aromatic N) is 1. The van der Waals surface area contributed by atoms with Gasteiger partial charge in [-0.25, -0.2) is 0 Å². The van der Waals surface area contributed by atoms with Gasteiger partial charge in [0, 0.05) is 25.8 Å². The molecule has 2 rings (SSSR count). The van der Waals surface area contributed by atoms with Gasteiger partial charge in [-0.2, -0.15) is 9.59 Å². The highest BCUT2D eigenvalue weighted by Gasteiger charge is 2.34. The second-order valence-corrected chi connectivity index (χ2v) is 5.53. The van der Waals surface area contributed by atoms with Crippen molar-refractivity contribution in [1.82, 2.24) is 4.90 Å². The molecule has 1 heterocycles. The molecule has 1 aliphatic rings. The molecule has 1 amide bonds. The average Bonchev–Trinajstić information content (AvgIpc) is 2.57. The highest BCUT2D eigenvalue weighted by atomic mass is 16.5. The van der Waals surface area contributed by atoms with E-state index in [1.54, 1.807) is 7.11 Å². The molecule has 0 aromatic heterocycles. The first-order chi connectivity index (χ1) is 10.6. The number of likely N-dealkylation sites (tertiary alicyclic amines) is 1. The highest BCUT2D eigenvalue weighted by Crippen LogP contribution is 2.35. The third-order valence-corrected chi connectivity index (χ3v) is 4.33. The zero-order valence-electron chi connectivity index (χ0n) is 13.2. The van der Waals surface area contributed by atoms with Gasteiger partial charge >= 0.3 is 6.15 Å². The number of hydrogen-bond acceptors (Lipinski definition) is 4. The molecule has 0 spiro atoms. The van der Waals surface area contributed by atoms with Crippen molar-refractivity contribution in [2.24, 2.45) is 5.41 Å². The van der Waals surface area contributed by atoms with E-state index in [1.807, 2.05) is 35.2 Å². The minimum Gasteiger partial charge on any atom is -0.384 e. The molecular formula is C17H23NO4. The van der Waals surface area contributed by atoms with Gasteiger partial charge in [0.2, 0.25) is 0 Å². The molecule has 1 aliphatic heterocycles. The summed E-state index contributed by atoms with van der Waals surface area (Å²) in [7, 11) is 1.76. The summed E-state index contributed by atoms with van der Waals surface area (Å²) in [6.45, 7) is 4.69. The first kappa shape index (κ1) is 18.1. The predicted molar refractivity (Wildman–Crippen MR) is 81.2 cm³/mol. The Bertz CT molecular complexity index is 487. The van der Waals surface area contributed by atoms with E-state index in [1.165, 1.54) is 0 Å². The molecule has 5 heteroatoms. The van der Waals surface area contributed by atoms with Crippen LogP contribution in [0.5, 0.6) is 0 Å². The zero-order chi connectivity index (χ0) is 16.4. The summed E-state index contributed by atoms with van der Waals surface area (Å²) < 4.78 is 5.35. The highest BCUT2D eigenvalue weighted by molar-refractivity contribution is 5.94. The van der Waals surface area contributed by atoms with Crippen LogP contribution in [0.15, 0.2) is 30.3 Å². The van der Waals surface area contributed by atoms with Crippen LogP contribution >= 0.6 is 0 Å². The van der Waals surface area contributed by atoms with Gasteiger partial charge in [0.1, 0.15) is 0 Å². The van der Waals surface area contributed by atoms with Crippen molar-refractivity contribution < 1.29 is 19.1 Å². The van der Waals surface area contributed by atoms with E-state index in [2.05, 4.69) is 6.92 Å². The Morgan fingerprint density at radius 1 is 1.23 bits per heavy atom. The maximum atomic E-state index is 12.4. The molecule has 5 nitrogen and oxygen atoms in total. The molecule has 0 aliphatic carbocycles. The molecule has 1 aromatic rings. The van der Waals surface area contributed by atoms with Crippen LogP contribution in [0.4, 0.5) is 0 Å². The Labute approximate surface area is 131 Å². The minimum absolute atomic E-state index is 0.155. The maximum Gasteiger partial charge on any atom is 0.373 e. The summed E-state index contributed by atoms with van der Waals surface area (Å²) in [5, 5.41) is 0. The molecule has 0 radical (unpaired) electrons. The molecule has 22 heavy (non-hydrogen) atoms. The molecule has 0 bridgehead atoms. The minimum atomic E-state index is 0.155. The van der Waals surface area contributed by atoms with Crippen molar-refractivity contribution in [1.29, 1.82) is 0 Å². The lowest BCUT2D eigenvalue weighted by molar-refractivity contribution is -0.191. The van der Waals surface area contributed by atoms with E-state index in [0.29, 0.717) is 0 Å². The lowest BCUT2D eigenvalue weighted by Crippen LogP contribution is -2.44. The van der Waals surface area contributed by atoms with Crippen molar-refractivity contribution >= 4 is 12.1 Å². The summed E-state index contributed by atoms with van der Waals surface area (Å²) in [6.07, 6.45) is 3.44. The molecule has 1 aromatic carbocycles. The fourth-order valence-electron chi connectivity index (χ4n) is 2.85. The van der Waals surface area contributed by atoms with Crippen LogP contribution in [0.3, 0.4) is 0 Å². The van der Waals surface area contributed by atoms with Crippen LogP contribution in [0, 0.1) is 5.41 Å². The van der Waals surface area contributed by atoms with Gasteiger partial charge in [-0.3, -0.25) is 4.79 Å². The number of methoxy groups -OCH3 is 1. The summed E-state index contributed by atoms with van der Waals surface area (Å²) in [6, 6.07) is 9.54. The lowest BCUT2D eigenvalue weighted by Gasteiger charge is -2.41. The number of carbonyl (C=O) groups is 1. The van der Waals surface area contributed by atoms with Gasteiger partial charge in [0.15, 0.2) is 0 Å². The first-order valence-corrected chi connectivity index (χ1v) is 7.45. The van der Waals surface area contributed by atoms with E-state index < -0.39 is 0 Å². The fourth-order valence-corrected chi connectivity index (χ4v) is 2.85. The Kier molecular flexibility index (Phi) is 7.50. The Morgan fingerprint density at radius 3 is 2.23 bits per heavy atom. The number of rotatable bonds is 4. The first-order valence-electron chi connectivity index (χ1n) is 7.45. The topological polar surface area (TPSA) is 63.7 Å². The summed E-state index contributed by atoms with van der Waals surface area (Å²) >= 11 is 0. The van der Waals surface area contributed by atoms with Gasteiger partial charge in [-0.05, 0) is 36.8 Å². The standard InChI is InChI=1S/C16H23NO2.CO2/c1-3-16(13-19-2)9-11-17(12-10-16)15(18)14-7-5-4-6-8-14;2-1-3/h4-8H,3,9-13H2,1-2H3;. The smallest absolute Gasteiger partial charge is 0.373 e. The van der Waals surface area contributed by atoms with Crippen molar-refractivity contribution in [3.63, 3.8) is 0 Å². The van der Waals surface area contributed by atoms with Crippen LogP contribution in [0.25, 0.3) is 0 Å². The molecule has 0 saturated carbocycles. The summed E-state index contributed by atoms with van der Waals surface area (Å²) in [5.41, 5.74) is 1.06. The SMILES string of the molecule is CCC1(COC)CCN(C(=O)c2ccccc2)CC1.O=C=O. The van der Waals surface area contributed by atoms with E-state index in [9.17, 15) is 4.79 Å². The van der Waals surface area contributed by atoms with Crippen LogP contribution in [0.2, 0.25) is 0 Å². The van der Waals surface area contributed by atoms with Gasteiger partial charge in [-0.15, -0.1) is 0 Å². The number of ether oxygens (including phenoxy) is 1. The molecular weight excluding hydrogens is 282 g/mol. The molecule has 120 valence electrons. The molecule has 1 saturated heterocycles. The van der Waals surface area contributed by atoms with Crippen molar-refractivity contribution in [2.75, 3.05) is 26.8 Å². The van der Waals surface area contributed by atoms with Crippen LogP contribution in [0.1, 0.15) is 36.5 Å². The van der Waals surface area contributed by atoms with Crippen LogP contribution < -0.4 is 0 Å². The average molecular weight is 305 g/mol. The number of piperidine rings is 1. The maximum absolute atomic E-state index is 12.4. The van der Waals surface area contributed by atoms with Crippen LogP contribution in [-0.4, -0.2) is 43.8 Å². The van der Waals surface area contributed by atoms with Crippen molar-refractivity contribution in [3.05, 3.63) is 35.9 Å². The second-order valence-electron chi connectivity index (χ2n) is 5.53. The number of amides is 1. The van der Waals surface area contributed by atoms with Crippen molar-refractivity contribution in [2.45, 2.75) is 26.2 Å². The molecule has 1 fully saturated rings. The monoisotopic (exact) mass is 305 g/mol. The van der Waals surface area contributed by atoms with Gasteiger partial charge in [0.25, 0.3) is 5.91 Å². The van der Waals surface area contributed by atoms with E-state index in [0.717, 1.165) is 44.5 Å². The number of benzene rings is 1. The largest absolute Gasteiger partial charge is 0.384 e. The third-order valence-electron chi connectivity index (χ3n) is 4.33. The van der Waals surface area contributed by atoms with Gasteiger partial charge < -0.3 is 9.64 Å². The molecule has 0 unspecified atom stereocenters. The van der Waals surface area contributed by atoms with E-state index in [4.69, 9.17) is 14.3 Å². The molecule has 0 N–H and O–H groups in total. The predicted octanol–water partition coefficient (Wildman–Crippen LogP) is 2.38. The van der Waals surface area contributed by atoms with Gasteiger partial charge in [-0.1, -0.05) is 25.1 Å². The third kappa shape index (κ3) is 4.79. The lowest BCUT2D eigenvalue weighted by atomic mass is 9.77. The number of carbonyl (C=O) groups excluding carboxylic acids is 3. The normalized spacial score (nSPS) is 16.2. The molecule has 0 atom stereocenters. The number of hydrogen-bond donors (Lipinski definition) is 0. The second kappa shape index (κ2) is 9.13. The van der Waals surface area contributed by atoms with E-state index >= 15 is 0 Å². The fraction of sp³-hybridized carbons (Fsp3) is 0.529.